The molecule has 3 N–H and O–H groups in total. The predicted molar refractivity (Wildman–Crippen MR) is 131 cm³/mol. The van der Waals surface area contributed by atoms with Crippen molar-refractivity contribution in [3.05, 3.63) is 88.4 Å². The lowest BCUT2D eigenvalue weighted by molar-refractivity contribution is -0.125. The molecule has 1 atom stereocenters. The summed E-state index contributed by atoms with van der Waals surface area (Å²) in [5, 5.41) is 14.6. The van der Waals surface area contributed by atoms with Crippen LogP contribution in [-0.2, 0) is 14.3 Å². The Morgan fingerprint density at radius 3 is 2.23 bits per heavy atom. The highest BCUT2D eigenvalue weighted by atomic mass is 35.5. The second-order valence-electron chi connectivity index (χ2n) is 7.92. The maximum absolute atomic E-state index is 12.6. The Morgan fingerprint density at radius 1 is 1.00 bits per heavy atom. The molecule has 180 valence electrons. The van der Waals surface area contributed by atoms with E-state index in [2.05, 4.69) is 10.6 Å². The van der Waals surface area contributed by atoms with Gasteiger partial charge in [0.2, 0.25) is 0 Å². The third kappa shape index (κ3) is 5.29. The summed E-state index contributed by atoms with van der Waals surface area (Å²) in [6.45, 7) is -0.0363. The molecule has 0 radical (unpaired) electrons. The zero-order chi connectivity index (χ0) is 24.9. The Kier molecular flexibility index (Phi) is 7.33. The van der Waals surface area contributed by atoms with Gasteiger partial charge in [-0.3, -0.25) is 4.79 Å². The van der Waals surface area contributed by atoms with Crippen molar-refractivity contribution in [1.82, 2.24) is 5.32 Å². The van der Waals surface area contributed by atoms with Gasteiger partial charge in [-0.2, -0.15) is 0 Å². The summed E-state index contributed by atoms with van der Waals surface area (Å²) in [5.74, 6) is -1.96. The molecular formula is C26H23ClN2O6. The fourth-order valence-electron chi connectivity index (χ4n) is 4.12. The highest BCUT2D eigenvalue weighted by Crippen LogP contribution is 2.44. The molecule has 0 spiro atoms. The van der Waals surface area contributed by atoms with Crippen molar-refractivity contribution < 1.29 is 29.0 Å². The number of aromatic carboxylic acids is 1. The van der Waals surface area contributed by atoms with Crippen LogP contribution in [0.5, 0.6) is 0 Å². The van der Waals surface area contributed by atoms with E-state index >= 15 is 0 Å². The van der Waals surface area contributed by atoms with Gasteiger partial charge in [-0.1, -0.05) is 60.1 Å². The Labute approximate surface area is 206 Å². The Bertz CT molecular complexity index is 1230. The number of carbonyl (C=O) groups is 3. The monoisotopic (exact) mass is 494 g/mol. The molecule has 0 saturated carbocycles. The van der Waals surface area contributed by atoms with Gasteiger partial charge in [0.15, 0.2) is 6.10 Å². The number of carbonyl (C=O) groups excluding carboxylic acids is 2. The molecule has 0 aliphatic heterocycles. The van der Waals surface area contributed by atoms with Crippen LogP contribution in [-0.4, -0.2) is 49.4 Å². The van der Waals surface area contributed by atoms with Crippen LogP contribution < -0.4 is 10.6 Å². The molecule has 2 amide bonds. The molecule has 8 nitrogen and oxygen atoms in total. The van der Waals surface area contributed by atoms with Gasteiger partial charge in [-0.15, -0.1) is 0 Å². The average molecular weight is 495 g/mol. The SMILES string of the molecule is COC(CNC(=O)OCC1c2ccccc2-c2ccccc21)C(=O)Nc1ccc(Cl)cc1C(=O)O. The summed E-state index contributed by atoms with van der Waals surface area (Å²) >= 11 is 5.84. The van der Waals surface area contributed by atoms with E-state index < -0.39 is 24.1 Å². The summed E-state index contributed by atoms with van der Waals surface area (Å²) in [4.78, 5) is 36.4. The number of nitrogens with one attached hydrogen (secondary N) is 2. The topological polar surface area (TPSA) is 114 Å². The number of fused-ring (bicyclic) bond motifs is 3. The second kappa shape index (κ2) is 10.6. The van der Waals surface area contributed by atoms with Crippen molar-refractivity contribution in [2.45, 2.75) is 12.0 Å². The van der Waals surface area contributed by atoms with Crippen LogP contribution in [0, 0.1) is 0 Å². The minimum atomic E-state index is -1.24. The van der Waals surface area contributed by atoms with E-state index in [4.69, 9.17) is 21.1 Å². The Balaban J connectivity index is 1.35. The number of hydrogen-bond donors (Lipinski definition) is 3. The number of rotatable bonds is 8. The van der Waals surface area contributed by atoms with E-state index in [-0.39, 0.29) is 35.3 Å². The first-order valence-corrected chi connectivity index (χ1v) is 11.2. The number of benzene rings is 3. The van der Waals surface area contributed by atoms with Gasteiger partial charge in [0.25, 0.3) is 5.91 Å². The molecule has 1 aliphatic carbocycles. The Hall–Kier alpha value is -3.88. The van der Waals surface area contributed by atoms with Crippen molar-refractivity contribution in [1.29, 1.82) is 0 Å². The lowest BCUT2D eigenvalue weighted by Crippen LogP contribution is -2.41. The number of ether oxygens (including phenoxy) is 2. The van der Waals surface area contributed by atoms with Gasteiger partial charge in [0.1, 0.15) is 6.61 Å². The fraction of sp³-hybridized carbons (Fsp3) is 0.192. The van der Waals surface area contributed by atoms with Crippen LogP contribution in [0.3, 0.4) is 0 Å². The minimum absolute atomic E-state index is 0.0649. The zero-order valence-electron chi connectivity index (χ0n) is 18.8. The second-order valence-corrected chi connectivity index (χ2v) is 8.35. The molecule has 9 heteroatoms. The largest absolute Gasteiger partial charge is 0.478 e. The van der Waals surface area contributed by atoms with E-state index in [0.717, 1.165) is 22.3 Å². The van der Waals surface area contributed by atoms with E-state index in [1.165, 1.54) is 25.3 Å². The van der Waals surface area contributed by atoms with E-state index in [0.29, 0.717) is 0 Å². The van der Waals surface area contributed by atoms with Gasteiger partial charge in [0, 0.05) is 18.1 Å². The fourth-order valence-corrected chi connectivity index (χ4v) is 4.30. The number of carboxylic acid groups (broad SMARTS) is 1. The first kappa shape index (κ1) is 24.3. The molecule has 0 fully saturated rings. The molecule has 1 aliphatic rings. The summed E-state index contributed by atoms with van der Waals surface area (Å²) in [7, 11) is 1.31. The van der Waals surface area contributed by atoms with Gasteiger partial charge >= 0.3 is 12.1 Å². The van der Waals surface area contributed by atoms with E-state index in [9.17, 15) is 19.5 Å². The first-order valence-electron chi connectivity index (χ1n) is 10.8. The molecule has 4 rings (SSSR count). The summed E-state index contributed by atoms with van der Waals surface area (Å²) in [6.07, 6.45) is -1.77. The molecule has 3 aromatic rings. The number of carboxylic acids is 1. The van der Waals surface area contributed by atoms with Gasteiger partial charge < -0.3 is 25.2 Å². The predicted octanol–water partition coefficient (Wildman–Crippen LogP) is 4.53. The van der Waals surface area contributed by atoms with Crippen LogP contribution in [0.25, 0.3) is 11.1 Å². The van der Waals surface area contributed by atoms with E-state index in [1.54, 1.807) is 0 Å². The van der Waals surface area contributed by atoms with Gasteiger partial charge in [-0.05, 0) is 40.5 Å². The van der Waals surface area contributed by atoms with Crippen LogP contribution in [0.4, 0.5) is 10.5 Å². The van der Waals surface area contributed by atoms with Crippen molar-refractivity contribution in [2.75, 3.05) is 25.6 Å². The quantitative estimate of drug-likeness (QED) is 0.424. The molecular weight excluding hydrogens is 472 g/mol. The lowest BCUT2D eigenvalue weighted by atomic mass is 9.98. The van der Waals surface area contributed by atoms with E-state index in [1.807, 2.05) is 48.5 Å². The number of hydrogen-bond acceptors (Lipinski definition) is 5. The molecule has 35 heavy (non-hydrogen) atoms. The molecule has 3 aromatic carbocycles. The maximum atomic E-state index is 12.6. The smallest absolute Gasteiger partial charge is 0.407 e. The van der Waals surface area contributed by atoms with Crippen molar-refractivity contribution in [3.8, 4) is 11.1 Å². The lowest BCUT2D eigenvalue weighted by Gasteiger charge is -2.18. The van der Waals surface area contributed by atoms with Crippen molar-refractivity contribution in [3.63, 3.8) is 0 Å². The number of amides is 2. The molecule has 1 unspecified atom stereocenters. The maximum Gasteiger partial charge on any atom is 0.407 e. The molecule has 0 saturated heterocycles. The molecule has 0 aromatic heterocycles. The number of alkyl carbamates (subject to hydrolysis) is 1. The molecule has 0 bridgehead atoms. The highest BCUT2D eigenvalue weighted by molar-refractivity contribution is 6.31. The molecule has 0 heterocycles. The minimum Gasteiger partial charge on any atom is -0.478 e. The van der Waals surface area contributed by atoms with Crippen molar-refractivity contribution in [2.24, 2.45) is 0 Å². The summed E-state index contributed by atoms with van der Waals surface area (Å²) in [6, 6.07) is 20.1. The van der Waals surface area contributed by atoms with Crippen molar-refractivity contribution >= 4 is 35.3 Å². The number of halogens is 1. The summed E-state index contributed by atoms with van der Waals surface area (Å²) in [5.41, 5.74) is 4.33. The van der Waals surface area contributed by atoms with Gasteiger partial charge in [0.05, 0.1) is 17.8 Å². The van der Waals surface area contributed by atoms with Crippen LogP contribution in [0.15, 0.2) is 66.7 Å². The third-order valence-corrected chi connectivity index (χ3v) is 6.06. The van der Waals surface area contributed by atoms with Gasteiger partial charge in [-0.25, -0.2) is 9.59 Å². The standard InChI is InChI=1S/C26H23ClN2O6/c1-34-23(24(30)29-22-11-10-15(27)12-20(22)25(31)32)13-28-26(33)35-14-21-18-8-4-2-6-16(18)17-7-3-5-9-19(17)21/h2-12,21,23H,13-14H2,1H3,(H,28,33)(H,29,30)(H,31,32). The first-order chi connectivity index (χ1) is 16.9. The number of anilines is 1. The number of methoxy groups -OCH3 is 1. The average Bonchev–Trinajstić information content (AvgIpc) is 3.18. The Morgan fingerprint density at radius 2 is 1.63 bits per heavy atom. The van der Waals surface area contributed by atoms with Crippen LogP contribution in [0.1, 0.15) is 27.4 Å². The van der Waals surface area contributed by atoms with Crippen LogP contribution >= 0.6 is 11.6 Å². The highest BCUT2D eigenvalue weighted by Gasteiger charge is 2.29. The third-order valence-electron chi connectivity index (χ3n) is 5.82. The zero-order valence-corrected chi connectivity index (χ0v) is 19.5. The van der Waals surface area contributed by atoms with Crippen LogP contribution in [0.2, 0.25) is 5.02 Å². The normalized spacial score (nSPS) is 12.9. The summed E-state index contributed by atoms with van der Waals surface area (Å²) < 4.78 is 10.6.